The van der Waals surface area contributed by atoms with Gasteiger partial charge in [-0.05, 0) is 116 Å². The second-order valence-electron chi connectivity index (χ2n) is 14.2. The van der Waals surface area contributed by atoms with E-state index in [0.29, 0.717) is 23.3 Å². The van der Waals surface area contributed by atoms with Gasteiger partial charge in [0.05, 0.1) is 5.57 Å². The van der Waals surface area contributed by atoms with Crippen LogP contribution in [0.2, 0.25) is 0 Å². The number of nitriles is 1. The van der Waals surface area contributed by atoms with Gasteiger partial charge in [-0.25, -0.2) is 0 Å². The van der Waals surface area contributed by atoms with Gasteiger partial charge in [-0.3, -0.25) is 9.59 Å². The van der Waals surface area contributed by atoms with Crippen LogP contribution in [-0.4, -0.2) is 11.0 Å². The number of ketones is 1. The van der Waals surface area contributed by atoms with Crippen molar-refractivity contribution in [2.24, 2.45) is 56.7 Å². The fraction of sp³-hybridized carbons (Fsp3) is 0.774. The highest BCUT2D eigenvalue weighted by Crippen LogP contribution is 2.77. The molecule has 0 aromatic carbocycles. The predicted octanol–water partition coefficient (Wildman–Crippen LogP) is 7.65. The van der Waals surface area contributed by atoms with E-state index in [1.165, 1.54) is 5.57 Å². The van der Waals surface area contributed by atoms with Crippen LogP contribution in [-0.2, 0) is 9.59 Å². The highest BCUT2D eigenvalue weighted by molar-refractivity contribution is 6.64. The van der Waals surface area contributed by atoms with Crippen molar-refractivity contribution in [3.63, 3.8) is 0 Å². The maximum absolute atomic E-state index is 13.2. The highest BCUT2D eigenvalue weighted by atomic mass is 35.5. The third-order valence-corrected chi connectivity index (χ3v) is 13.3. The third-order valence-electron chi connectivity index (χ3n) is 12.9. The van der Waals surface area contributed by atoms with Gasteiger partial charge in [0.1, 0.15) is 6.07 Å². The maximum atomic E-state index is 13.2. The van der Waals surface area contributed by atoms with Crippen LogP contribution >= 0.6 is 11.6 Å². The number of fused-ring (bicyclic) bond motifs is 7. The van der Waals surface area contributed by atoms with Crippen LogP contribution < -0.4 is 0 Å². The molecule has 6 unspecified atom stereocenters. The molecule has 5 rings (SSSR count). The standard InChI is InChI=1S/C31H42ClNO2/c1-18(2)20-10-13-31(26(32)35)15-14-29(6)21(24(20)31)8-9-23-28(5)16-19(17-33)25(34)27(3,4)22(28)11-12-30(23,29)7/h16,20-24H,1,8-15H2,2-7H3/t20-,21?,22?,23?,24?,28-,29+,30?,31?/m0/s1. The molecule has 0 aromatic heterocycles. The first-order chi connectivity index (χ1) is 16.2. The molecule has 9 atom stereocenters. The summed E-state index contributed by atoms with van der Waals surface area (Å²) in [6.45, 7) is 18.0. The van der Waals surface area contributed by atoms with E-state index < -0.39 is 10.8 Å². The molecule has 190 valence electrons. The van der Waals surface area contributed by atoms with Gasteiger partial charge in [0.25, 0.3) is 0 Å². The van der Waals surface area contributed by atoms with Gasteiger partial charge in [-0.1, -0.05) is 52.8 Å². The molecule has 0 aliphatic heterocycles. The summed E-state index contributed by atoms with van der Waals surface area (Å²) in [5, 5.41) is 9.75. The van der Waals surface area contributed by atoms with Gasteiger partial charge in [0.15, 0.2) is 5.78 Å². The monoisotopic (exact) mass is 495 g/mol. The quantitative estimate of drug-likeness (QED) is 0.292. The molecule has 4 heteroatoms. The van der Waals surface area contributed by atoms with E-state index in [-0.39, 0.29) is 39.1 Å². The third kappa shape index (κ3) is 2.90. The Kier molecular flexibility index (Phi) is 5.46. The lowest BCUT2D eigenvalue weighted by molar-refractivity contribution is -0.216. The summed E-state index contributed by atoms with van der Waals surface area (Å²) in [5.41, 5.74) is 0.649. The second-order valence-corrected chi connectivity index (χ2v) is 14.5. The smallest absolute Gasteiger partial charge is 0.228 e. The molecular weight excluding hydrogens is 454 g/mol. The zero-order valence-electron chi connectivity index (χ0n) is 22.5. The SMILES string of the molecule is C=C(C)[C@@H]1CCC2(C(=O)Cl)CC[C@]3(C)C(CCC4C3(C)CCC3C(C)(C)C(=O)C(C#N)=C[C@@]34C)C12. The summed E-state index contributed by atoms with van der Waals surface area (Å²) in [7, 11) is 0. The van der Waals surface area contributed by atoms with Crippen molar-refractivity contribution in [2.45, 2.75) is 92.9 Å². The average Bonchev–Trinajstić information content (AvgIpc) is 3.18. The van der Waals surface area contributed by atoms with E-state index in [1.54, 1.807) is 0 Å². The van der Waals surface area contributed by atoms with Gasteiger partial charge >= 0.3 is 0 Å². The Morgan fingerprint density at radius 1 is 1.00 bits per heavy atom. The first kappa shape index (κ1) is 25.3. The molecule has 4 saturated carbocycles. The Morgan fingerprint density at radius 2 is 1.69 bits per heavy atom. The van der Waals surface area contributed by atoms with Crippen LogP contribution in [0.15, 0.2) is 23.8 Å². The number of carbonyl (C=O) groups excluding carboxylic acids is 2. The number of halogens is 1. The minimum absolute atomic E-state index is 0.0179. The summed E-state index contributed by atoms with van der Waals surface area (Å²) in [6, 6.07) is 2.26. The second kappa shape index (κ2) is 7.56. The summed E-state index contributed by atoms with van der Waals surface area (Å²) in [4.78, 5) is 26.2. The number of hydrogen-bond donors (Lipinski definition) is 0. The first-order valence-electron chi connectivity index (χ1n) is 13.7. The molecule has 0 bridgehead atoms. The molecule has 35 heavy (non-hydrogen) atoms. The normalized spacial score (nSPS) is 50.1. The minimum Gasteiger partial charge on any atom is -0.293 e. The topological polar surface area (TPSA) is 57.9 Å². The molecule has 0 radical (unpaired) electrons. The molecule has 0 aromatic rings. The number of allylic oxidation sites excluding steroid dienone is 3. The maximum Gasteiger partial charge on any atom is 0.228 e. The summed E-state index contributed by atoms with van der Waals surface area (Å²) in [6.07, 6.45) is 10.2. The van der Waals surface area contributed by atoms with Gasteiger partial charge in [-0.15, -0.1) is 0 Å². The Hall–Kier alpha value is -1.40. The van der Waals surface area contributed by atoms with Crippen LogP contribution in [0.3, 0.4) is 0 Å². The van der Waals surface area contributed by atoms with Crippen molar-refractivity contribution in [3.8, 4) is 6.07 Å². The lowest BCUT2D eigenvalue weighted by Gasteiger charge is -2.71. The van der Waals surface area contributed by atoms with Crippen molar-refractivity contribution in [1.82, 2.24) is 0 Å². The van der Waals surface area contributed by atoms with Crippen molar-refractivity contribution in [3.05, 3.63) is 23.8 Å². The molecule has 0 amide bonds. The van der Waals surface area contributed by atoms with E-state index in [2.05, 4.69) is 60.3 Å². The summed E-state index contributed by atoms with van der Waals surface area (Å²) < 4.78 is 0. The highest BCUT2D eigenvalue weighted by Gasteiger charge is 2.71. The Morgan fingerprint density at radius 3 is 2.29 bits per heavy atom. The molecule has 0 spiro atoms. The van der Waals surface area contributed by atoms with E-state index in [0.717, 1.165) is 51.4 Å². The van der Waals surface area contributed by atoms with Crippen LogP contribution in [0.4, 0.5) is 0 Å². The van der Waals surface area contributed by atoms with E-state index in [4.69, 9.17) is 11.6 Å². The van der Waals surface area contributed by atoms with E-state index in [9.17, 15) is 14.9 Å². The van der Waals surface area contributed by atoms with E-state index >= 15 is 0 Å². The van der Waals surface area contributed by atoms with Crippen LogP contribution in [0, 0.1) is 68.0 Å². The molecule has 5 aliphatic carbocycles. The summed E-state index contributed by atoms with van der Waals surface area (Å²) in [5.74, 6) is 1.77. The number of rotatable bonds is 2. The predicted molar refractivity (Wildman–Crippen MR) is 139 cm³/mol. The fourth-order valence-electron chi connectivity index (χ4n) is 11.1. The number of carbonyl (C=O) groups is 2. The zero-order chi connectivity index (χ0) is 25.8. The van der Waals surface area contributed by atoms with Gasteiger partial charge in [-0.2, -0.15) is 5.26 Å². The molecule has 3 nitrogen and oxygen atoms in total. The molecule has 0 saturated heterocycles. The molecule has 5 aliphatic rings. The Bertz CT molecular complexity index is 1080. The number of Topliss-reactive ketones (excluding diaryl/α,β-unsaturated/α-hetero) is 1. The Labute approximate surface area is 216 Å². The minimum atomic E-state index is -0.517. The average molecular weight is 496 g/mol. The Balaban J connectivity index is 1.62. The van der Waals surface area contributed by atoms with E-state index in [1.807, 2.05) is 0 Å². The van der Waals surface area contributed by atoms with Crippen LogP contribution in [0.1, 0.15) is 92.9 Å². The molecule has 0 N–H and O–H groups in total. The largest absolute Gasteiger partial charge is 0.293 e. The lowest BCUT2D eigenvalue weighted by Crippen LogP contribution is -2.66. The summed E-state index contributed by atoms with van der Waals surface area (Å²) >= 11 is 6.42. The van der Waals surface area contributed by atoms with Gasteiger partial charge in [0.2, 0.25) is 5.24 Å². The van der Waals surface area contributed by atoms with Crippen molar-refractivity contribution >= 4 is 22.6 Å². The van der Waals surface area contributed by atoms with Crippen molar-refractivity contribution in [1.29, 1.82) is 5.26 Å². The fourth-order valence-corrected chi connectivity index (χ4v) is 11.4. The van der Waals surface area contributed by atoms with Crippen molar-refractivity contribution in [2.75, 3.05) is 0 Å². The number of nitrogens with zero attached hydrogens (tertiary/aromatic N) is 1. The lowest BCUT2D eigenvalue weighted by atomic mass is 9.33. The zero-order valence-corrected chi connectivity index (χ0v) is 23.2. The van der Waals surface area contributed by atoms with Gasteiger partial charge < -0.3 is 0 Å². The van der Waals surface area contributed by atoms with Crippen LogP contribution in [0.25, 0.3) is 0 Å². The number of hydrogen-bond acceptors (Lipinski definition) is 3. The van der Waals surface area contributed by atoms with Gasteiger partial charge in [0, 0.05) is 10.8 Å². The molecule has 4 fully saturated rings. The van der Waals surface area contributed by atoms with Crippen molar-refractivity contribution < 1.29 is 9.59 Å². The first-order valence-corrected chi connectivity index (χ1v) is 14.1. The molecular formula is C31H42ClNO2. The molecule has 0 heterocycles. The van der Waals surface area contributed by atoms with Crippen LogP contribution in [0.5, 0.6) is 0 Å².